The van der Waals surface area contributed by atoms with Crippen LogP contribution in [0.3, 0.4) is 0 Å². The average Bonchev–Trinajstić information content (AvgIpc) is 2.46. The maximum atomic E-state index is 11.2. The Morgan fingerprint density at radius 1 is 0.682 bits per heavy atom. The van der Waals surface area contributed by atoms with E-state index in [2.05, 4.69) is 13.8 Å². The maximum absolute atomic E-state index is 11.2. The van der Waals surface area contributed by atoms with E-state index in [1.807, 2.05) is 0 Å². The first kappa shape index (κ1) is 22.8. The van der Waals surface area contributed by atoms with Crippen molar-refractivity contribution in [3.63, 3.8) is 0 Å². The number of carbonyl (C=O) groups is 2. The van der Waals surface area contributed by atoms with Gasteiger partial charge in [-0.3, -0.25) is 0 Å². The molecular formula is C16H32O6. The molecule has 0 aromatic rings. The summed E-state index contributed by atoms with van der Waals surface area (Å²) in [5.74, 6) is 0. The van der Waals surface area contributed by atoms with Gasteiger partial charge in [0.1, 0.15) is 0 Å². The summed E-state index contributed by atoms with van der Waals surface area (Å²) in [5.41, 5.74) is 0. The van der Waals surface area contributed by atoms with Crippen LogP contribution in [0.25, 0.3) is 0 Å². The highest BCUT2D eigenvalue weighted by atomic mass is 16.7. The van der Waals surface area contributed by atoms with Gasteiger partial charge in [-0.05, 0) is 12.8 Å². The van der Waals surface area contributed by atoms with Crippen molar-refractivity contribution in [2.24, 2.45) is 0 Å². The van der Waals surface area contributed by atoms with E-state index in [4.69, 9.17) is 24.5 Å². The summed E-state index contributed by atoms with van der Waals surface area (Å²) in [6.07, 6.45) is 9.30. The van der Waals surface area contributed by atoms with Gasteiger partial charge in [0.2, 0.25) is 0 Å². The highest BCUT2D eigenvalue weighted by Crippen LogP contribution is 2.04. The second-order valence-electron chi connectivity index (χ2n) is 5.06. The molecule has 0 aromatic carbocycles. The highest BCUT2D eigenvalue weighted by molar-refractivity contribution is 5.59. The number of carbonyl (C=O) groups excluding carboxylic acids is 1. The van der Waals surface area contributed by atoms with Gasteiger partial charge in [-0.15, -0.1) is 0 Å². The zero-order valence-corrected chi connectivity index (χ0v) is 14.0. The van der Waals surface area contributed by atoms with Gasteiger partial charge in [0.05, 0.1) is 13.2 Å². The Hall–Kier alpha value is -1.46. The van der Waals surface area contributed by atoms with Crippen molar-refractivity contribution in [2.75, 3.05) is 13.2 Å². The maximum Gasteiger partial charge on any atom is 0.508 e. The molecule has 6 nitrogen and oxygen atoms in total. The molecule has 132 valence electrons. The fourth-order valence-electron chi connectivity index (χ4n) is 1.76. The van der Waals surface area contributed by atoms with Crippen molar-refractivity contribution in [3.8, 4) is 0 Å². The first-order chi connectivity index (χ1) is 10.5. The molecule has 0 spiro atoms. The van der Waals surface area contributed by atoms with Gasteiger partial charge in [-0.1, -0.05) is 65.2 Å². The minimum absolute atomic E-state index is 0.498. The Morgan fingerprint density at radius 3 is 1.32 bits per heavy atom. The molecule has 0 bridgehead atoms. The van der Waals surface area contributed by atoms with Crippen LogP contribution in [0.1, 0.15) is 78.1 Å². The largest absolute Gasteiger partial charge is 0.508 e. The Kier molecular flexibility index (Phi) is 20.3. The van der Waals surface area contributed by atoms with Crippen molar-refractivity contribution < 1.29 is 29.3 Å². The molecule has 22 heavy (non-hydrogen) atoms. The summed E-state index contributed by atoms with van der Waals surface area (Å²) in [6, 6.07) is 0. The number of rotatable bonds is 12. The van der Waals surface area contributed by atoms with Crippen molar-refractivity contribution >= 4 is 12.3 Å². The Labute approximate surface area is 133 Å². The molecule has 0 fully saturated rings. The Balaban J connectivity index is 0. The average molecular weight is 320 g/mol. The van der Waals surface area contributed by atoms with E-state index in [1.165, 1.54) is 38.5 Å². The summed E-state index contributed by atoms with van der Waals surface area (Å²) in [7, 11) is 0. The zero-order valence-electron chi connectivity index (χ0n) is 14.0. The fourth-order valence-corrected chi connectivity index (χ4v) is 1.76. The molecule has 0 radical (unpaired) electrons. The monoisotopic (exact) mass is 320 g/mol. The molecule has 0 unspecified atom stereocenters. The van der Waals surface area contributed by atoms with Gasteiger partial charge in [0, 0.05) is 0 Å². The van der Waals surface area contributed by atoms with Gasteiger partial charge in [0.15, 0.2) is 0 Å². The first-order valence-corrected chi connectivity index (χ1v) is 8.26. The SMILES string of the molecule is CCCCCCCOC(=O)OCCCCCCC.O=C(O)O. The third-order valence-electron chi connectivity index (χ3n) is 2.94. The van der Waals surface area contributed by atoms with Gasteiger partial charge >= 0.3 is 12.3 Å². The van der Waals surface area contributed by atoms with Crippen molar-refractivity contribution in [3.05, 3.63) is 0 Å². The fraction of sp³-hybridized carbons (Fsp3) is 0.875. The summed E-state index contributed by atoms with van der Waals surface area (Å²) >= 11 is 0. The van der Waals surface area contributed by atoms with Crippen LogP contribution in [0, 0.1) is 0 Å². The second-order valence-corrected chi connectivity index (χ2v) is 5.06. The smallest absolute Gasteiger partial charge is 0.450 e. The summed E-state index contributed by atoms with van der Waals surface area (Å²) in [5, 5.41) is 13.9. The van der Waals surface area contributed by atoms with E-state index in [0.717, 1.165) is 25.7 Å². The summed E-state index contributed by atoms with van der Waals surface area (Å²) in [6.45, 7) is 5.37. The molecule has 0 heterocycles. The van der Waals surface area contributed by atoms with Crippen molar-refractivity contribution in [2.45, 2.75) is 78.1 Å². The highest BCUT2D eigenvalue weighted by Gasteiger charge is 2.02. The van der Waals surface area contributed by atoms with E-state index in [1.54, 1.807) is 0 Å². The Morgan fingerprint density at radius 2 is 1.00 bits per heavy atom. The minimum Gasteiger partial charge on any atom is -0.450 e. The molecule has 0 atom stereocenters. The van der Waals surface area contributed by atoms with Gasteiger partial charge < -0.3 is 19.7 Å². The Bertz CT molecular complexity index is 233. The van der Waals surface area contributed by atoms with Crippen LogP contribution in [0.5, 0.6) is 0 Å². The normalized spacial score (nSPS) is 9.55. The number of hydrogen-bond acceptors (Lipinski definition) is 4. The lowest BCUT2D eigenvalue weighted by atomic mass is 10.2. The van der Waals surface area contributed by atoms with E-state index < -0.39 is 12.3 Å². The second kappa shape index (κ2) is 19.5. The first-order valence-electron chi connectivity index (χ1n) is 8.26. The van der Waals surface area contributed by atoms with Crippen LogP contribution in [-0.2, 0) is 9.47 Å². The number of hydrogen-bond donors (Lipinski definition) is 2. The standard InChI is InChI=1S/C15H30O3.CH2O3/c1-3-5-7-9-11-13-17-15(16)18-14-12-10-8-6-4-2;2-1(3)4/h3-14H2,1-2H3;(H2,2,3,4). The van der Waals surface area contributed by atoms with Crippen LogP contribution < -0.4 is 0 Å². The predicted molar refractivity (Wildman–Crippen MR) is 85.5 cm³/mol. The van der Waals surface area contributed by atoms with Gasteiger partial charge in [-0.2, -0.15) is 0 Å². The molecule has 0 aromatic heterocycles. The molecule has 0 saturated carbocycles. The van der Waals surface area contributed by atoms with Crippen LogP contribution in [0.2, 0.25) is 0 Å². The predicted octanol–water partition coefficient (Wildman–Crippen LogP) is 5.30. The quantitative estimate of drug-likeness (QED) is 0.374. The number of unbranched alkanes of at least 4 members (excludes halogenated alkanes) is 8. The molecular weight excluding hydrogens is 288 g/mol. The lowest BCUT2D eigenvalue weighted by Gasteiger charge is -2.06. The van der Waals surface area contributed by atoms with E-state index in [-0.39, 0.29) is 0 Å². The van der Waals surface area contributed by atoms with E-state index in [0.29, 0.717) is 13.2 Å². The molecule has 6 heteroatoms. The van der Waals surface area contributed by atoms with Crippen LogP contribution >= 0.6 is 0 Å². The van der Waals surface area contributed by atoms with Crippen LogP contribution in [0.4, 0.5) is 9.59 Å². The van der Waals surface area contributed by atoms with E-state index in [9.17, 15) is 4.79 Å². The lowest BCUT2D eigenvalue weighted by Crippen LogP contribution is -2.09. The third-order valence-corrected chi connectivity index (χ3v) is 2.94. The molecule has 2 N–H and O–H groups in total. The lowest BCUT2D eigenvalue weighted by molar-refractivity contribution is 0.0529. The number of carboxylic acid groups (broad SMARTS) is 2. The molecule has 0 aliphatic rings. The summed E-state index contributed by atoms with van der Waals surface area (Å²) in [4.78, 5) is 19.7. The van der Waals surface area contributed by atoms with E-state index >= 15 is 0 Å². The van der Waals surface area contributed by atoms with Crippen molar-refractivity contribution in [1.82, 2.24) is 0 Å². The zero-order chi connectivity index (χ0) is 17.1. The molecule has 0 aliphatic heterocycles. The molecule has 0 saturated heterocycles. The minimum atomic E-state index is -1.83. The van der Waals surface area contributed by atoms with Gasteiger partial charge in [0.25, 0.3) is 0 Å². The topological polar surface area (TPSA) is 93.1 Å². The molecule has 0 amide bonds. The molecule has 0 aliphatic carbocycles. The summed E-state index contributed by atoms with van der Waals surface area (Å²) < 4.78 is 9.98. The van der Waals surface area contributed by atoms with Crippen LogP contribution in [0.15, 0.2) is 0 Å². The molecule has 0 rings (SSSR count). The van der Waals surface area contributed by atoms with Crippen molar-refractivity contribution in [1.29, 1.82) is 0 Å². The number of ether oxygens (including phenoxy) is 2. The van der Waals surface area contributed by atoms with Gasteiger partial charge in [-0.25, -0.2) is 9.59 Å². The van der Waals surface area contributed by atoms with Crippen LogP contribution in [-0.4, -0.2) is 35.7 Å². The third kappa shape index (κ3) is 27.0.